The Hall–Kier alpha value is -1.35. The standard InChI is InChI=1S/C18H26N2O/c21-14-6-11-18-19-16-9-4-5-10-17(16)20(18)13-12-15-7-2-1-3-8-15/h4-5,9-10,15,21H,1-3,6-8,11-14H2. The molecular formula is C18H26N2O. The number of aliphatic hydroxyl groups excluding tert-OH is 1. The lowest BCUT2D eigenvalue weighted by Crippen LogP contribution is -2.12. The van der Waals surface area contributed by atoms with Crippen molar-refractivity contribution in [2.45, 2.75) is 57.9 Å². The van der Waals surface area contributed by atoms with Crippen LogP contribution in [0.2, 0.25) is 0 Å². The molecule has 1 saturated carbocycles. The lowest BCUT2D eigenvalue weighted by Gasteiger charge is -2.22. The van der Waals surface area contributed by atoms with E-state index >= 15 is 0 Å². The summed E-state index contributed by atoms with van der Waals surface area (Å²) in [5.41, 5.74) is 2.34. The number of hydrogen-bond donors (Lipinski definition) is 1. The molecule has 0 amide bonds. The van der Waals surface area contributed by atoms with E-state index in [0.717, 1.165) is 36.6 Å². The van der Waals surface area contributed by atoms with Crippen molar-refractivity contribution in [3.8, 4) is 0 Å². The highest BCUT2D eigenvalue weighted by Crippen LogP contribution is 2.28. The summed E-state index contributed by atoms with van der Waals surface area (Å²) in [7, 11) is 0. The van der Waals surface area contributed by atoms with Crippen LogP contribution in [0.4, 0.5) is 0 Å². The summed E-state index contributed by atoms with van der Waals surface area (Å²) in [5.74, 6) is 2.03. The maximum atomic E-state index is 9.09. The van der Waals surface area contributed by atoms with Crippen LogP contribution in [0.25, 0.3) is 11.0 Å². The molecule has 3 nitrogen and oxygen atoms in total. The first-order valence-electron chi connectivity index (χ1n) is 8.43. The Balaban J connectivity index is 1.77. The van der Waals surface area contributed by atoms with Gasteiger partial charge in [0, 0.05) is 19.6 Å². The molecule has 1 fully saturated rings. The molecule has 0 unspecified atom stereocenters. The molecule has 0 atom stereocenters. The minimum absolute atomic E-state index is 0.242. The average Bonchev–Trinajstić information content (AvgIpc) is 2.89. The smallest absolute Gasteiger partial charge is 0.109 e. The fraction of sp³-hybridized carbons (Fsp3) is 0.611. The van der Waals surface area contributed by atoms with Crippen LogP contribution in [0.5, 0.6) is 0 Å². The van der Waals surface area contributed by atoms with Crippen LogP contribution in [0.15, 0.2) is 24.3 Å². The van der Waals surface area contributed by atoms with E-state index < -0.39 is 0 Å². The molecule has 1 aliphatic rings. The predicted octanol–water partition coefficient (Wildman–Crippen LogP) is 3.93. The second-order valence-electron chi connectivity index (χ2n) is 6.29. The molecule has 1 aliphatic carbocycles. The molecular weight excluding hydrogens is 260 g/mol. The SMILES string of the molecule is OCCCc1nc2ccccc2n1CCC1CCCCC1. The van der Waals surface area contributed by atoms with Crippen molar-refractivity contribution in [3.05, 3.63) is 30.1 Å². The molecule has 0 aliphatic heterocycles. The first-order chi connectivity index (χ1) is 10.4. The Morgan fingerprint density at radius 3 is 2.76 bits per heavy atom. The van der Waals surface area contributed by atoms with E-state index in [0.29, 0.717) is 0 Å². The molecule has 3 rings (SSSR count). The molecule has 1 aromatic carbocycles. The number of aryl methyl sites for hydroxylation is 2. The minimum Gasteiger partial charge on any atom is -0.396 e. The summed E-state index contributed by atoms with van der Waals surface area (Å²) < 4.78 is 2.39. The van der Waals surface area contributed by atoms with Gasteiger partial charge in [0.1, 0.15) is 5.82 Å². The van der Waals surface area contributed by atoms with Gasteiger partial charge < -0.3 is 9.67 Å². The number of rotatable bonds is 6. The zero-order chi connectivity index (χ0) is 14.5. The van der Waals surface area contributed by atoms with Crippen molar-refractivity contribution in [1.29, 1.82) is 0 Å². The molecule has 1 heterocycles. The number of para-hydroxylation sites is 2. The van der Waals surface area contributed by atoms with Gasteiger partial charge in [0.25, 0.3) is 0 Å². The molecule has 114 valence electrons. The van der Waals surface area contributed by atoms with Gasteiger partial charge in [0.05, 0.1) is 11.0 Å². The van der Waals surface area contributed by atoms with E-state index in [2.05, 4.69) is 28.8 Å². The van der Waals surface area contributed by atoms with Gasteiger partial charge in [-0.15, -0.1) is 0 Å². The van der Waals surface area contributed by atoms with Crippen molar-refractivity contribution >= 4 is 11.0 Å². The number of fused-ring (bicyclic) bond motifs is 1. The summed E-state index contributed by atoms with van der Waals surface area (Å²) in [6.07, 6.45) is 9.98. The fourth-order valence-electron chi connectivity index (χ4n) is 3.59. The van der Waals surface area contributed by atoms with Crippen molar-refractivity contribution < 1.29 is 5.11 Å². The molecule has 0 radical (unpaired) electrons. The van der Waals surface area contributed by atoms with Crippen LogP contribution >= 0.6 is 0 Å². The first-order valence-corrected chi connectivity index (χ1v) is 8.43. The highest BCUT2D eigenvalue weighted by molar-refractivity contribution is 5.75. The zero-order valence-corrected chi connectivity index (χ0v) is 12.8. The Kier molecular flexibility index (Phi) is 4.91. The predicted molar refractivity (Wildman–Crippen MR) is 86.3 cm³/mol. The number of hydrogen-bond acceptors (Lipinski definition) is 2. The van der Waals surface area contributed by atoms with Crippen molar-refractivity contribution in [3.63, 3.8) is 0 Å². The summed E-state index contributed by atoms with van der Waals surface area (Å²) in [6, 6.07) is 8.41. The highest BCUT2D eigenvalue weighted by atomic mass is 16.2. The largest absolute Gasteiger partial charge is 0.396 e. The maximum absolute atomic E-state index is 9.09. The minimum atomic E-state index is 0.242. The lowest BCUT2D eigenvalue weighted by molar-refractivity contribution is 0.286. The van der Waals surface area contributed by atoms with Crippen molar-refractivity contribution in [1.82, 2.24) is 9.55 Å². The maximum Gasteiger partial charge on any atom is 0.109 e. The Morgan fingerprint density at radius 2 is 1.95 bits per heavy atom. The van der Waals surface area contributed by atoms with Gasteiger partial charge in [-0.25, -0.2) is 4.98 Å². The monoisotopic (exact) mass is 286 g/mol. The average molecular weight is 286 g/mol. The van der Waals surface area contributed by atoms with Gasteiger partial charge in [-0.05, 0) is 30.9 Å². The third-order valence-electron chi connectivity index (χ3n) is 4.78. The van der Waals surface area contributed by atoms with E-state index in [4.69, 9.17) is 10.1 Å². The van der Waals surface area contributed by atoms with Crippen LogP contribution in [0, 0.1) is 5.92 Å². The number of nitrogens with zero attached hydrogens (tertiary/aromatic N) is 2. The van der Waals surface area contributed by atoms with Crippen LogP contribution in [0.1, 0.15) is 50.8 Å². The fourth-order valence-corrected chi connectivity index (χ4v) is 3.59. The zero-order valence-electron chi connectivity index (χ0n) is 12.8. The first kappa shape index (κ1) is 14.6. The Bertz CT molecular complexity index is 570. The van der Waals surface area contributed by atoms with E-state index in [9.17, 15) is 0 Å². The van der Waals surface area contributed by atoms with Gasteiger partial charge in [0.2, 0.25) is 0 Å². The quantitative estimate of drug-likeness (QED) is 0.873. The van der Waals surface area contributed by atoms with Crippen molar-refractivity contribution in [2.24, 2.45) is 5.92 Å². The van der Waals surface area contributed by atoms with Crippen LogP contribution in [-0.4, -0.2) is 21.3 Å². The van der Waals surface area contributed by atoms with Gasteiger partial charge >= 0.3 is 0 Å². The normalized spacial score (nSPS) is 16.6. The Morgan fingerprint density at radius 1 is 1.14 bits per heavy atom. The van der Waals surface area contributed by atoms with Crippen LogP contribution in [0.3, 0.4) is 0 Å². The molecule has 0 bridgehead atoms. The molecule has 0 spiro atoms. The number of imidazole rings is 1. The second-order valence-corrected chi connectivity index (χ2v) is 6.29. The topological polar surface area (TPSA) is 38.1 Å². The molecule has 1 aromatic heterocycles. The number of aliphatic hydroxyl groups is 1. The summed E-state index contributed by atoms with van der Waals surface area (Å²) >= 11 is 0. The highest BCUT2D eigenvalue weighted by Gasteiger charge is 2.15. The third kappa shape index (κ3) is 3.46. The molecule has 3 heteroatoms. The van der Waals surface area contributed by atoms with E-state index in [1.807, 2.05) is 0 Å². The summed E-state index contributed by atoms with van der Waals surface area (Å²) in [5, 5.41) is 9.09. The lowest BCUT2D eigenvalue weighted by atomic mass is 9.87. The molecule has 1 N–H and O–H groups in total. The second kappa shape index (κ2) is 7.08. The molecule has 0 saturated heterocycles. The van der Waals surface area contributed by atoms with Crippen LogP contribution in [-0.2, 0) is 13.0 Å². The Labute approximate surface area is 127 Å². The molecule has 2 aromatic rings. The van der Waals surface area contributed by atoms with E-state index in [-0.39, 0.29) is 6.61 Å². The number of aromatic nitrogens is 2. The van der Waals surface area contributed by atoms with Gasteiger partial charge in [-0.1, -0.05) is 44.2 Å². The van der Waals surface area contributed by atoms with E-state index in [1.54, 1.807) is 0 Å². The third-order valence-corrected chi connectivity index (χ3v) is 4.78. The number of benzene rings is 1. The van der Waals surface area contributed by atoms with Gasteiger partial charge in [-0.2, -0.15) is 0 Å². The summed E-state index contributed by atoms with van der Waals surface area (Å²) in [4.78, 5) is 4.77. The van der Waals surface area contributed by atoms with Gasteiger partial charge in [-0.3, -0.25) is 0 Å². The van der Waals surface area contributed by atoms with Crippen molar-refractivity contribution in [2.75, 3.05) is 6.61 Å². The molecule has 21 heavy (non-hydrogen) atoms. The van der Waals surface area contributed by atoms with Gasteiger partial charge in [0.15, 0.2) is 0 Å². The summed E-state index contributed by atoms with van der Waals surface area (Å²) in [6.45, 7) is 1.32. The van der Waals surface area contributed by atoms with E-state index in [1.165, 1.54) is 44.0 Å². The van der Waals surface area contributed by atoms with Crippen LogP contribution < -0.4 is 0 Å².